The Morgan fingerprint density at radius 1 is 1.14 bits per heavy atom. The van der Waals surface area contributed by atoms with Gasteiger partial charge in [0.25, 0.3) is 0 Å². The second-order valence-electron chi connectivity index (χ2n) is 7.01. The third kappa shape index (κ3) is 6.18. The molecule has 0 spiro atoms. The van der Waals surface area contributed by atoms with Crippen LogP contribution in [0.4, 0.5) is 0 Å². The molecule has 1 N–H and O–H groups in total. The molecule has 2 heterocycles. The summed E-state index contributed by atoms with van der Waals surface area (Å²) >= 11 is 1.74. The molecule has 1 atom stereocenters. The van der Waals surface area contributed by atoms with E-state index in [1.165, 1.54) is 4.88 Å². The van der Waals surface area contributed by atoms with Crippen LogP contribution < -0.4 is 9.47 Å². The molecule has 1 fully saturated rings. The van der Waals surface area contributed by atoms with Crippen molar-refractivity contribution in [1.29, 1.82) is 0 Å². The fourth-order valence-corrected chi connectivity index (χ4v) is 4.23. The fraction of sp³-hybridized carbons (Fsp3) is 0.524. The zero-order valence-electron chi connectivity index (χ0n) is 16.7. The zero-order valence-corrected chi connectivity index (χ0v) is 17.5. The van der Waals surface area contributed by atoms with E-state index in [9.17, 15) is 5.11 Å². The number of thiophene rings is 1. The summed E-state index contributed by atoms with van der Waals surface area (Å²) < 4.78 is 16.2. The van der Waals surface area contributed by atoms with Gasteiger partial charge in [0.1, 0.15) is 0 Å². The van der Waals surface area contributed by atoms with E-state index in [0.717, 1.165) is 56.5 Å². The van der Waals surface area contributed by atoms with Crippen LogP contribution in [0.2, 0.25) is 0 Å². The maximum atomic E-state index is 10.7. The molecule has 1 saturated heterocycles. The van der Waals surface area contributed by atoms with E-state index < -0.39 is 6.10 Å². The molecule has 1 unspecified atom stereocenters. The van der Waals surface area contributed by atoms with E-state index in [2.05, 4.69) is 33.4 Å². The topological polar surface area (TPSA) is 54.4 Å². The summed E-state index contributed by atoms with van der Waals surface area (Å²) in [5.41, 5.74) is 1.13. The van der Waals surface area contributed by atoms with E-state index >= 15 is 0 Å². The van der Waals surface area contributed by atoms with E-state index in [0.29, 0.717) is 13.1 Å². The predicted octanol–water partition coefficient (Wildman–Crippen LogP) is 2.46. The van der Waals surface area contributed by atoms with E-state index in [1.807, 2.05) is 12.1 Å². The number of rotatable bonds is 10. The summed E-state index contributed by atoms with van der Waals surface area (Å²) in [5, 5.41) is 12.8. The number of hydrogen-bond acceptors (Lipinski definition) is 7. The average molecular weight is 407 g/mol. The summed E-state index contributed by atoms with van der Waals surface area (Å²) in [6, 6.07) is 10.2. The zero-order chi connectivity index (χ0) is 19.8. The number of hydrogen-bond donors (Lipinski definition) is 1. The van der Waals surface area contributed by atoms with Crippen molar-refractivity contribution in [2.24, 2.45) is 0 Å². The molecule has 0 amide bonds. The van der Waals surface area contributed by atoms with Crippen LogP contribution in [0, 0.1) is 0 Å². The largest absolute Gasteiger partial charge is 0.493 e. The third-order valence-electron chi connectivity index (χ3n) is 4.86. The minimum absolute atomic E-state index is 0.404. The van der Waals surface area contributed by atoms with Crippen LogP contribution in [0.25, 0.3) is 0 Å². The van der Waals surface area contributed by atoms with Gasteiger partial charge in [0, 0.05) is 44.1 Å². The molecule has 1 aromatic carbocycles. The van der Waals surface area contributed by atoms with Crippen LogP contribution in [0.1, 0.15) is 10.4 Å². The van der Waals surface area contributed by atoms with Crippen LogP contribution in [0.15, 0.2) is 35.7 Å². The number of aliphatic hydroxyl groups is 1. The normalized spacial score (nSPS) is 16.3. The first-order chi connectivity index (χ1) is 13.7. The summed E-state index contributed by atoms with van der Waals surface area (Å²) in [6.45, 7) is 6.11. The molecule has 154 valence electrons. The van der Waals surface area contributed by atoms with Gasteiger partial charge in [-0.2, -0.15) is 0 Å². The maximum absolute atomic E-state index is 10.7. The van der Waals surface area contributed by atoms with Crippen molar-refractivity contribution in [3.63, 3.8) is 0 Å². The van der Waals surface area contributed by atoms with Gasteiger partial charge >= 0.3 is 0 Å². The molecule has 0 saturated carbocycles. The smallest absolute Gasteiger partial charge is 0.161 e. The number of ether oxygens (including phenoxy) is 3. The fourth-order valence-electron chi connectivity index (χ4n) is 3.48. The van der Waals surface area contributed by atoms with Crippen molar-refractivity contribution in [3.05, 3.63) is 46.2 Å². The lowest BCUT2D eigenvalue weighted by atomic mass is 10.1. The second-order valence-corrected chi connectivity index (χ2v) is 8.04. The highest BCUT2D eigenvalue weighted by atomic mass is 32.1. The molecule has 1 aromatic heterocycles. The van der Waals surface area contributed by atoms with Gasteiger partial charge in [-0.1, -0.05) is 12.1 Å². The molecule has 3 rings (SSSR count). The van der Waals surface area contributed by atoms with Crippen LogP contribution in [-0.2, 0) is 17.8 Å². The van der Waals surface area contributed by atoms with Crippen molar-refractivity contribution in [1.82, 2.24) is 9.80 Å². The molecule has 0 radical (unpaired) electrons. The molecule has 7 heteroatoms. The van der Waals surface area contributed by atoms with Crippen molar-refractivity contribution >= 4 is 11.3 Å². The van der Waals surface area contributed by atoms with Gasteiger partial charge in [-0.3, -0.25) is 9.80 Å². The number of β-amino-alcohol motifs (C(OH)–C–C–N with tert-alkyl or cyclic N) is 1. The van der Waals surface area contributed by atoms with Crippen molar-refractivity contribution < 1.29 is 19.3 Å². The first kappa shape index (κ1) is 21.1. The van der Waals surface area contributed by atoms with Crippen LogP contribution in [0.5, 0.6) is 11.5 Å². The van der Waals surface area contributed by atoms with Gasteiger partial charge in [-0.15, -0.1) is 11.3 Å². The summed E-state index contributed by atoms with van der Waals surface area (Å²) in [4.78, 5) is 5.85. The summed E-state index contributed by atoms with van der Waals surface area (Å²) in [6.07, 6.45) is -0.404. The highest BCUT2D eigenvalue weighted by molar-refractivity contribution is 7.09. The molecular weight excluding hydrogens is 376 g/mol. The Morgan fingerprint density at radius 2 is 1.93 bits per heavy atom. The van der Waals surface area contributed by atoms with Crippen molar-refractivity contribution in [3.8, 4) is 11.5 Å². The lowest BCUT2D eigenvalue weighted by molar-refractivity contribution is 0.00564. The molecule has 28 heavy (non-hydrogen) atoms. The minimum Gasteiger partial charge on any atom is -0.493 e. The molecule has 1 aliphatic rings. The van der Waals surface area contributed by atoms with Crippen molar-refractivity contribution in [2.75, 3.05) is 53.6 Å². The minimum atomic E-state index is -0.404. The van der Waals surface area contributed by atoms with Gasteiger partial charge in [0.2, 0.25) is 0 Å². The Balaban J connectivity index is 1.66. The SMILES string of the molecule is COc1ccc(CN(Cc2cccs2)CC(O)CN2CCOCC2)cc1OC. The predicted molar refractivity (Wildman–Crippen MR) is 111 cm³/mol. The molecule has 2 aromatic rings. The Kier molecular flexibility index (Phi) is 8.12. The van der Waals surface area contributed by atoms with E-state index in [-0.39, 0.29) is 0 Å². The second kappa shape index (κ2) is 10.8. The van der Waals surface area contributed by atoms with E-state index in [1.54, 1.807) is 25.6 Å². The monoisotopic (exact) mass is 406 g/mol. The van der Waals surface area contributed by atoms with Gasteiger partial charge in [-0.05, 0) is 29.1 Å². The van der Waals surface area contributed by atoms with Gasteiger partial charge < -0.3 is 19.3 Å². The highest BCUT2D eigenvalue weighted by Crippen LogP contribution is 2.28. The summed E-state index contributed by atoms with van der Waals surface area (Å²) in [5.74, 6) is 1.45. The Morgan fingerprint density at radius 3 is 2.61 bits per heavy atom. The number of benzene rings is 1. The van der Waals surface area contributed by atoms with Gasteiger partial charge in [-0.25, -0.2) is 0 Å². The Bertz CT molecular complexity index is 704. The molecule has 1 aliphatic heterocycles. The molecule has 0 bridgehead atoms. The highest BCUT2D eigenvalue weighted by Gasteiger charge is 2.19. The first-order valence-electron chi connectivity index (χ1n) is 9.61. The maximum Gasteiger partial charge on any atom is 0.161 e. The summed E-state index contributed by atoms with van der Waals surface area (Å²) in [7, 11) is 3.29. The standard InChI is InChI=1S/C21H30N2O4S/c1-25-20-6-5-17(12-21(20)26-2)13-23(16-19-4-3-11-28-19)15-18(24)14-22-7-9-27-10-8-22/h3-6,11-12,18,24H,7-10,13-16H2,1-2H3. The van der Waals surface area contributed by atoms with E-state index in [4.69, 9.17) is 14.2 Å². The van der Waals surface area contributed by atoms with Crippen LogP contribution >= 0.6 is 11.3 Å². The Hall–Kier alpha value is -1.64. The first-order valence-corrected chi connectivity index (χ1v) is 10.5. The van der Waals surface area contributed by atoms with Crippen LogP contribution in [-0.4, -0.2) is 74.6 Å². The Labute approximate surface area is 171 Å². The quantitative estimate of drug-likeness (QED) is 0.654. The third-order valence-corrected chi connectivity index (χ3v) is 5.72. The number of aliphatic hydroxyl groups excluding tert-OH is 1. The number of morpholine rings is 1. The lowest BCUT2D eigenvalue weighted by Crippen LogP contribution is -2.44. The number of methoxy groups -OCH3 is 2. The van der Waals surface area contributed by atoms with Crippen LogP contribution in [0.3, 0.4) is 0 Å². The van der Waals surface area contributed by atoms with Gasteiger partial charge in [0.05, 0.1) is 33.5 Å². The van der Waals surface area contributed by atoms with Gasteiger partial charge in [0.15, 0.2) is 11.5 Å². The average Bonchev–Trinajstić information content (AvgIpc) is 3.21. The number of nitrogens with zero attached hydrogens (tertiary/aromatic N) is 2. The molecule has 6 nitrogen and oxygen atoms in total. The molecular formula is C21H30N2O4S. The molecule has 0 aliphatic carbocycles. The lowest BCUT2D eigenvalue weighted by Gasteiger charge is -2.31. The van der Waals surface area contributed by atoms with Crippen molar-refractivity contribution in [2.45, 2.75) is 19.2 Å².